The van der Waals surface area contributed by atoms with Crippen LogP contribution in [0.5, 0.6) is 0 Å². The fourth-order valence-corrected chi connectivity index (χ4v) is 3.70. The maximum Gasteiger partial charge on any atom is 0.323 e. The van der Waals surface area contributed by atoms with E-state index in [0.29, 0.717) is 0 Å². The number of likely N-dealkylation sites (N-methyl/N-ethyl adjacent to an activating group) is 1. The summed E-state index contributed by atoms with van der Waals surface area (Å²) in [6.45, 7) is 3.01. The largest absolute Gasteiger partial charge is 0.361 e. The minimum absolute atomic E-state index is 0.263. The molecule has 0 aliphatic carbocycles. The predicted octanol–water partition coefficient (Wildman–Crippen LogP) is 5.29. The SMILES string of the molecule is Cc1cc(NC(=O)Nc2ccc3[nH]cc(CCN(C)C)c3c2)ccc1-c1ccncc1. The summed E-state index contributed by atoms with van der Waals surface area (Å²) in [6, 6.07) is 15.5. The number of anilines is 2. The van der Waals surface area contributed by atoms with E-state index in [1.807, 2.05) is 61.7 Å². The zero-order chi connectivity index (χ0) is 21.8. The second kappa shape index (κ2) is 9.02. The normalized spacial score (nSPS) is 11.1. The van der Waals surface area contributed by atoms with E-state index in [1.54, 1.807) is 12.4 Å². The van der Waals surface area contributed by atoms with Crippen molar-refractivity contribution in [2.45, 2.75) is 13.3 Å². The van der Waals surface area contributed by atoms with Gasteiger partial charge in [0, 0.05) is 47.4 Å². The summed E-state index contributed by atoms with van der Waals surface area (Å²) in [5, 5.41) is 7.01. The number of benzene rings is 2. The molecule has 6 heteroatoms. The second-order valence-electron chi connectivity index (χ2n) is 7.97. The van der Waals surface area contributed by atoms with Crippen LogP contribution < -0.4 is 10.6 Å². The molecule has 0 radical (unpaired) electrons. The minimum atomic E-state index is -0.263. The summed E-state index contributed by atoms with van der Waals surface area (Å²) in [5.41, 5.74) is 7.15. The number of fused-ring (bicyclic) bond motifs is 1. The smallest absolute Gasteiger partial charge is 0.323 e. The quantitative estimate of drug-likeness (QED) is 0.402. The zero-order valence-electron chi connectivity index (χ0n) is 18.1. The molecule has 2 aromatic carbocycles. The molecule has 0 aliphatic rings. The van der Waals surface area contributed by atoms with Crippen LogP contribution in [0.2, 0.25) is 0 Å². The van der Waals surface area contributed by atoms with Crippen molar-refractivity contribution in [2.24, 2.45) is 0 Å². The molecule has 0 spiro atoms. The van der Waals surface area contributed by atoms with Gasteiger partial charge < -0.3 is 20.5 Å². The molecule has 0 aliphatic heterocycles. The molecule has 0 saturated carbocycles. The van der Waals surface area contributed by atoms with Gasteiger partial charge in [0.15, 0.2) is 0 Å². The van der Waals surface area contributed by atoms with Crippen LogP contribution >= 0.6 is 0 Å². The molecule has 158 valence electrons. The van der Waals surface area contributed by atoms with Gasteiger partial charge in [0.2, 0.25) is 0 Å². The summed E-state index contributed by atoms with van der Waals surface area (Å²) in [5.74, 6) is 0. The van der Waals surface area contributed by atoms with Crippen molar-refractivity contribution in [3.8, 4) is 11.1 Å². The Bertz CT molecular complexity index is 1200. The number of aromatic amines is 1. The highest BCUT2D eigenvalue weighted by Crippen LogP contribution is 2.26. The average Bonchev–Trinajstić information content (AvgIpc) is 3.15. The second-order valence-corrected chi connectivity index (χ2v) is 7.97. The van der Waals surface area contributed by atoms with Crippen molar-refractivity contribution < 1.29 is 4.79 Å². The third-order valence-corrected chi connectivity index (χ3v) is 5.33. The number of aromatic nitrogens is 2. The van der Waals surface area contributed by atoms with E-state index < -0.39 is 0 Å². The maximum absolute atomic E-state index is 12.6. The molecule has 2 amide bonds. The molecule has 4 aromatic rings. The number of nitrogens with one attached hydrogen (secondary N) is 3. The van der Waals surface area contributed by atoms with E-state index in [1.165, 1.54) is 5.56 Å². The first-order valence-corrected chi connectivity index (χ1v) is 10.3. The van der Waals surface area contributed by atoms with Crippen molar-refractivity contribution in [1.82, 2.24) is 14.9 Å². The van der Waals surface area contributed by atoms with Crippen LogP contribution in [0.15, 0.2) is 67.1 Å². The Morgan fingerprint density at radius 1 is 1.00 bits per heavy atom. The van der Waals surface area contributed by atoms with Gasteiger partial charge in [0.05, 0.1) is 0 Å². The number of carbonyl (C=O) groups is 1. The third kappa shape index (κ3) is 4.92. The van der Waals surface area contributed by atoms with Crippen LogP contribution in [0, 0.1) is 6.92 Å². The molecule has 0 unspecified atom stereocenters. The number of nitrogens with zero attached hydrogens (tertiary/aromatic N) is 2. The van der Waals surface area contributed by atoms with Gasteiger partial charge in [-0.05, 0) is 92.2 Å². The first-order valence-electron chi connectivity index (χ1n) is 10.3. The van der Waals surface area contributed by atoms with E-state index in [4.69, 9.17) is 0 Å². The van der Waals surface area contributed by atoms with Gasteiger partial charge in [-0.2, -0.15) is 0 Å². The van der Waals surface area contributed by atoms with Crippen LogP contribution in [0.3, 0.4) is 0 Å². The Morgan fingerprint density at radius 3 is 2.42 bits per heavy atom. The molecule has 31 heavy (non-hydrogen) atoms. The number of pyridine rings is 1. The number of H-pyrrole nitrogens is 1. The van der Waals surface area contributed by atoms with Gasteiger partial charge in [-0.25, -0.2) is 4.79 Å². The molecular weight excluding hydrogens is 386 g/mol. The van der Waals surface area contributed by atoms with E-state index in [0.717, 1.165) is 51.9 Å². The molecule has 0 fully saturated rings. The van der Waals surface area contributed by atoms with E-state index in [9.17, 15) is 4.79 Å². The van der Waals surface area contributed by atoms with Gasteiger partial charge in [-0.15, -0.1) is 0 Å². The number of carbonyl (C=O) groups excluding carboxylic acids is 1. The van der Waals surface area contributed by atoms with Gasteiger partial charge in [-0.3, -0.25) is 4.98 Å². The molecule has 0 atom stereocenters. The number of aryl methyl sites for hydroxylation is 1. The third-order valence-electron chi connectivity index (χ3n) is 5.33. The predicted molar refractivity (Wildman–Crippen MR) is 128 cm³/mol. The topological polar surface area (TPSA) is 73.1 Å². The average molecular weight is 414 g/mol. The summed E-state index contributed by atoms with van der Waals surface area (Å²) in [7, 11) is 4.13. The molecule has 0 bridgehead atoms. The molecular formula is C25H27N5O. The molecule has 2 heterocycles. The lowest BCUT2D eigenvalue weighted by Crippen LogP contribution is -2.19. The number of hydrogen-bond acceptors (Lipinski definition) is 3. The Balaban J connectivity index is 1.45. The van der Waals surface area contributed by atoms with Gasteiger partial charge in [-0.1, -0.05) is 6.07 Å². The van der Waals surface area contributed by atoms with Crippen LogP contribution in [-0.2, 0) is 6.42 Å². The zero-order valence-corrected chi connectivity index (χ0v) is 18.1. The number of hydrogen-bond donors (Lipinski definition) is 3. The first-order chi connectivity index (χ1) is 15.0. The van der Waals surface area contributed by atoms with Crippen LogP contribution in [-0.4, -0.2) is 41.5 Å². The lowest BCUT2D eigenvalue weighted by Gasteiger charge is -2.11. The molecule has 0 saturated heterocycles. The fourth-order valence-electron chi connectivity index (χ4n) is 3.70. The monoisotopic (exact) mass is 413 g/mol. The minimum Gasteiger partial charge on any atom is -0.361 e. The fraction of sp³-hybridized carbons (Fsp3) is 0.200. The first kappa shape index (κ1) is 20.6. The summed E-state index contributed by atoms with van der Waals surface area (Å²) < 4.78 is 0. The summed E-state index contributed by atoms with van der Waals surface area (Å²) in [6.07, 6.45) is 6.56. The van der Waals surface area contributed by atoms with Crippen LogP contribution in [0.25, 0.3) is 22.0 Å². The molecule has 3 N–H and O–H groups in total. The van der Waals surface area contributed by atoms with Crippen LogP contribution in [0.4, 0.5) is 16.2 Å². The van der Waals surface area contributed by atoms with Crippen molar-refractivity contribution in [3.05, 3.63) is 78.2 Å². The standard InChI is InChI=1S/C25H27N5O/c1-17-14-20(4-6-22(17)18-8-11-26-12-9-18)28-25(31)29-21-5-7-24-23(15-21)19(16-27-24)10-13-30(2)3/h4-9,11-12,14-16,27H,10,13H2,1-3H3,(H2,28,29,31). The van der Waals surface area contributed by atoms with Gasteiger partial charge >= 0.3 is 6.03 Å². The van der Waals surface area contributed by atoms with Crippen molar-refractivity contribution >= 4 is 28.3 Å². The lowest BCUT2D eigenvalue weighted by atomic mass is 10.0. The highest BCUT2D eigenvalue weighted by atomic mass is 16.2. The molecule has 4 rings (SSSR count). The van der Waals surface area contributed by atoms with Crippen molar-refractivity contribution in [1.29, 1.82) is 0 Å². The molecule has 2 aromatic heterocycles. The van der Waals surface area contributed by atoms with Crippen molar-refractivity contribution in [2.75, 3.05) is 31.3 Å². The summed E-state index contributed by atoms with van der Waals surface area (Å²) in [4.78, 5) is 22.1. The number of rotatable bonds is 6. The Labute approximate surface area is 182 Å². The van der Waals surface area contributed by atoms with Crippen molar-refractivity contribution in [3.63, 3.8) is 0 Å². The Hall–Kier alpha value is -3.64. The summed E-state index contributed by atoms with van der Waals surface area (Å²) >= 11 is 0. The van der Waals surface area contributed by atoms with Gasteiger partial charge in [0.1, 0.15) is 0 Å². The van der Waals surface area contributed by atoms with Gasteiger partial charge in [0.25, 0.3) is 0 Å². The highest BCUT2D eigenvalue weighted by Gasteiger charge is 2.09. The van der Waals surface area contributed by atoms with E-state index >= 15 is 0 Å². The Morgan fingerprint density at radius 2 is 1.71 bits per heavy atom. The maximum atomic E-state index is 12.6. The van der Waals surface area contributed by atoms with E-state index in [-0.39, 0.29) is 6.03 Å². The Kier molecular flexibility index (Phi) is 6.00. The van der Waals surface area contributed by atoms with Crippen LogP contribution in [0.1, 0.15) is 11.1 Å². The lowest BCUT2D eigenvalue weighted by molar-refractivity contribution is 0.262. The highest BCUT2D eigenvalue weighted by molar-refractivity contribution is 6.01. The molecule has 6 nitrogen and oxygen atoms in total. The number of urea groups is 1. The number of amides is 2. The van der Waals surface area contributed by atoms with E-state index in [2.05, 4.69) is 39.6 Å².